The van der Waals surface area contributed by atoms with E-state index in [0.29, 0.717) is 16.5 Å². The van der Waals surface area contributed by atoms with Crippen LogP contribution in [-0.4, -0.2) is 0 Å². The second kappa shape index (κ2) is 6.76. The Labute approximate surface area is 128 Å². The van der Waals surface area contributed by atoms with Crippen LogP contribution in [0.4, 0.5) is 4.39 Å². The molecule has 1 aromatic carbocycles. The maximum absolute atomic E-state index is 14.2. The van der Waals surface area contributed by atoms with E-state index in [1.165, 1.54) is 11.1 Å². The molecular weight excluding hydrogens is 271 g/mol. The van der Waals surface area contributed by atoms with Crippen LogP contribution in [0.2, 0.25) is 5.02 Å². The SMILES string of the molecule is CCC(CC)C(C)=C(C)c1ccc(Cl)c(C(C)(C)F)c1. The molecule has 0 aliphatic rings. The average Bonchev–Trinajstić information content (AvgIpc) is 2.38. The first-order valence-corrected chi connectivity index (χ1v) is 7.76. The van der Waals surface area contributed by atoms with Gasteiger partial charge in [0.25, 0.3) is 0 Å². The fraction of sp³-hybridized carbons (Fsp3) is 0.556. The van der Waals surface area contributed by atoms with Gasteiger partial charge in [-0.3, -0.25) is 0 Å². The van der Waals surface area contributed by atoms with Crippen LogP contribution in [0.1, 0.15) is 65.5 Å². The summed E-state index contributed by atoms with van der Waals surface area (Å²) in [6.07, 6.45) is 2.27. The van der Waals surface area contributed by atoms with Crippen molar-refractivity contribution in [3.63, 3.8) is 0 Å². The van der Waals surface area contributed by atoms with Crippen LogP contribution >= 0.6 is 11.6 Å². The Morgan fingerprint density at radius 1 is 1.20 bits per heavy atom. The molecule has 0 nitrogen and oxygen atoms in total. The molecule has 0 unspecified atom stereocenters. The lowest BCUT2D eigenvalue weighted by Crippen LogP contribution is -2.10. The Kier molecular flexibility index (Phi) is 5.82. The fourth-order valence-corrected chi connectivity index (χ4v) is 2.99. The molecule has 0 bridgehead atoms. The van der Waals surface area contributed by atoms with Gasteiger partial charge >= 0.3 is 0 Å². The Hall–Kier alpha value is -0.820. The maximum atomic E-state index is 14.2. The van der Waals surface area contributed by atoms with E-state index >= 15 is 0 Å². The number of allylic oxidation sites excluding steroid dienone is 2. The van der Waals surface area contributed by atoms with Crippen molar-refractivity contribution in [3.8, 4) is 0 Å². The lowest BCUT2D eigenvalue weighted by atomic mass is 9.87. The summed E-state index contributed by atoms with van der Waals surface area (Å²) in [5, 5.41) is 0.495. The van der Waals surface area contributed by atoms with Crippen LogP contribution in [0.5, 0.6) is 0 Å². The largest absolute Gasteiger partial charge is 0.239 e. The highest BCUT2D eigenvalue weighted by Crippen LogP contribution is 2.35. The van der Waals surface area contributed by atoms with Crippen molar-refractivity contribution in [1.29, 1.82) is 0 Å². The molecule has 1 rings (SSSR count). The number of alkyl halides is 1. The van der Waals surface area contributed by atoms with Crippen molar-refractivity contribution >= 4 is 17.2 Å². The molecule has 20 heavy (non-hydrogen) atoms. The standard InChI is InChI=1S/C18H26ClF/c1-7-14(8-2)12(3)13(4)15-9-10-17(19)16(11-15)18(5,6)20/h9-11,14H,7-8H2,1-6H3. The lowest BCUT2D eigenvalue weighted by Gasteiger charge is -2.20. The smallest absolute Gasteiger partial charge is 0.131 e. The van der Waals surface area contributed by atoms with Gasteiger partial charge in [-0.15, -0.1) is 0 Å². The molecule has 0 aromatic heterocycles. The van der Waals surface area contributed by atoms with Gasteiger partial charge in [0.15, 0.2) is 0 Å². The predicted octanol–water partition coefficient (Wildman–Crippen LogP) is 6.77. The lowest BCUT2D eigenvalue weighted by molar-refractivity contribution is 0.221. The first-order chi connectivity index (χ1) is 9.22. The van der Waals surface area contributed by atoms with Crippen molar-refractivity contribution in [3.05, 3.63) is 39.9 Å². The van der Waals surface area contributed by atoms with E-state index in [9.17, 15) is 4.39 Å². The van der Waals surface area contributed by atoms with Gasteiger partial charge in [-0.25, -0.2) is 4.39 Å². The Morgan fingerprint density at radius 2 is 1.75 bits per heavy atom. The molecule has 0 N–H and O–H groups in total. The zero-order chi connectivity index (χ0) is 15.5. The summed E-state index contributed by atoms with van der Waals surface area (Å²) >= 11 is 6.13. The normalized spacial score (nSPS) is 13.7. The monoisotopic (exact) mass is 296 g/mol. The molecule has 0 fully saturated rings. The van der Waals surface area contributed by atoms with Crippen molar-refractivity contribution in [2.24, 2.45) is 5.92 Å². The number of benzene rings is 1. The highest BCUT2D eigenvalue weighted by atomic mass is 35.5. The van der Waals surface area contributed by atoms with E-state index in [1.807, 2.05) is 12.1 Å². The predicted molar refractivity (Wildman–Crippen MR) is 87.9 cm³/mol. The Balaban J connectivity index is 3.31. The fourth-order valence-electron chi connectivity index (χ4n) is 2.65. The molecule has 2 heteroatoms. The second-order valence-corrected chi connectivity index (χ2v) is 6.40. The summed E-state index contributed by atoms with van der Waals surface area (Å²) in [7, 11) is 0. The van der Waals surface area contributed by atoms with E-state index in [2.05, 4.69) is 27.7 Å². The molecule has 0 amide bonds. The average molecular weight is 297 g/mol. The summed E-state index contributed by atoms with van der Waals surface area (Å²) in [4.78, 5) is 0. The highest BCUT2D eigenvalue weighted by molar-refractivity contribution is 6.31. The zero-order valence-corrected chi connectivity index (χ0v) is 14.2. The summed E-state index contributed by atoms with van der Waals surface area (Å²) in [6, 6.07) is 5.68. The van der Waals surface area contributed by atoms with E-state index in [4.69, 9.17) is 11.6 Å². The zero-order valence-electron chi connectivity index (χ0n) is 13.5. The number of rotatable bonds is 5. The van der Waals surface area contributed by atoms with Gasteiger partial charge in [0.1, 0.15) is 5.67 Å². The van der Waals surface area contributed by atoms with Crippen molar-refractivity contribution in [1.82, 2.24) is 0 Å². The first kappa shape index (κ1) is 17.2. The molecule has 0 heterocycles. The van der Waals surface area contributed by atoms with Crippen LogP contribution < -0.4 is 0 Å². The van der Waals surface area contributed by atoms with E-state index in [0.717, 1.165) is 18.4 Å². The third-order valence-electron chi connectivity index (χ3n) is 4.23. The van der Waals surface area contributed by atoms with E-state index in [1.54, 1.807) is 19.9 Å². The molecular formula is C18H26ClF. The molecule has 0 saturated carbocycles. The Bertz CT molecular complexity index is 491. The van der Waals surface area contributed by atoms with Crippen LogP contribution in [-0.2, 0) is 5.67 Å². The van der Waals surface area contributed by atoms with Crippen LogP contribution in [0.3, 0.4) is 0 Å². The van der Waals surface area contributed by atoms with Crippen LogP contribution in [0.25, 0.3) is 5.57 Å². The van der Waals surface area contributed by atoms with Gasteiger partial charge in [-0.1, -0.05) is 37.1 Å². The first-order valence-electron chi connectivity index (χ1n) is 7.39. The van der Waals surface area contributed by atoms with Gasteiger partial charge in [0.2, 0.25) is 0 Å². The molecule has 0 spiro atoms. The second-order valence-electron chi connectivity index (χ2n) is 5.99. The summed E-state index contributed by atoms with van der Waals surface area (Å²) < 4.78 is 14.2. The summed E-state index contributed by atoms with van der Waals surface area (Å²) in [5.41, 5.74) is 2.84. The maximum Gasteiger partial charge on any atom is 0.131 e. The van der Waals surface area contributed by atoms with Gasteiger partial charge in [0.05, 0.1) is 0 Å². The summed E-state index contributed by atoms with van der Waals surface area (Å²) in [6.45, 7) is 11.8. The minimum atomic E-state index is -1.42. The van der Waals surface area contributed by atoms with Gasteiger partial charge < -0.3 is 0 Å². The molecule has 0 saturated heterocycles. The van der Waals surface area contributed by atoms with Crippen molar-refractivity contribution < 1.29 is 4.39 Å². The highest BCUT2D eigenvalue weighted by Gasteiger charge is 2.23. The molecule has 1 aromatic rings. The topological polar surface area (TPSA) is 0 Å². The van der Waals surface area contributed by atoms with E-state index in [-0.39, 0.29) is 0 Å². The van der Waals surface area contributed by atoms with Crippen LogP contribution in [0.15, 0.2) is 23.8 Å². The number of halogens is 2. The molecule has 0 aliphatic carbocycles. The molecule has 0 aliphatic heterocycles. The van der Waals surface area contributed by atoms with Gasteiger partial charge in [-0.05, 0) is 69.7 Å². The van der Waals surface area contributed by atoms with Crippen molar-refractivity contribution in [2.45, 2.75) is 60.1 Å². The quantitative estimate of drug-likeness (QED) is 0.562. The van der Waals surface area contributed by atoms with E-state index < -0.39 is 5.67 Å². The number of hydrogen-bond donors (Lipinski definition) is 0. The minimum Gasteiger partial charge on any atom is -0.239 e. The molecule has 0 atom stereocenters. The third kappa shape index (κ3) is 3.85. The van der Waals surface area contributed by atoms with Gasteiger partial charge in [0, 0.05) is 10.6 Å². The van der Waals surface area contributed by atoms with Gasteiger partial charge in [-0.2, -0.15) is 0 Å². The van der Waals surface area contributed by atoms with Crippen LogP contribution in [0, 0.1) is 5.92 Å². The molecule has 112 valence electrons. The Morgan fingerprint density at radius 3 is 2.20 bits per heavy atom. The third-order valence-corrected chi connectivity index (χ3v) is 4.56. The molecule has 0 radical (unpaired) electrons. The number of hydrogen-bond acceptors (Lipinski definition) is 0. The minimum absolute atomic E-state index is 0.495. The summed E-state index contributed by atoms with van der Waals surface area (Å²) in [5.74, 6) is 0.590. The van der Waals surface area contributed by atoms with Crippen molar-refractivity contribution in [2.75, 3.05) is 0 Å².